The van der Waals surface area contributed by atoms with Gasteiger partial charge in [0.1, 0.15) is 5.82 Å². The number of hydrogen-bond acceptors (Lipinski definition) is 1. The molecule has 0 aromatic heterocycles. The zero-order valence-electron chi connectivity index (χ0n) is 7.60. The van der Waals surface area contributed by atoms with Gasteiger partial charge in [0.25, 0.3) is 0 Å². The average Bonchev–Trinajstić information content (AvgIpc) is 2.08. The summed E-state index contributed by atoms with van der Waals surface area (Å²) in [5, 5.41) is 0. The normalized spacial score (nSPS) is 8.33. The molecule has 2 heteroatoms. The Bertz CT molecular complexity index is 256. The van der Waals surface area contributed by atoms with E-state index in [2.05, 4.69) is 0 Å². The first-order valence-electron chi connectivity index (χ1n) is 3.97. The van der Waals surface area contributed by atoms with Crippen molar-refractivity contribution in [2.24, 2.45) is 0 Å². The summed E-state index contributed by atoms with van der Waals surface area (Å²) in [5.41, 5.74) is 0.155. The number of Topliss-reactive ketones (excluding diaryl/α,β-unsaturated/α-hetero) is 1. The van der Waals surface area contributed by atoms with Crippen molar-refractivity contribution in [1.82, 2.24) is 0 Å². The van der Waals surface area contributed by atoms with Crippen LogP contribution in [0.4, 0.5) is 4.39 Å². The van der Waals surface area contributed by atoms with Gasteiger partial charge < -0.3 is 0 Å². The van der Waals surface area contributed by atoms with Crippen molar-refractivity contribution in [2.45, 2.75) is 20.8 Å². The number of carbonyl (C=O) groups excluding carboxylic acids is 1. The van der Waals surface area contributed by atoms with E-state index in [1.165, 1.54) is 19.1 Å². The molecule has 0 saturated heterocycles. The van der Waals surface area contributed by atoms with Gasteiger partial charge in [-0.15, -0.1) is 0 Å². The maximum Gasteiger partial charge on any atom is 0.162 e. The fraction of sp³-hybridized carbons (Fsp3) is 0.300. The smallest absolute Gasteiger partial charge is 0.162 e. The van der Waals surface area contributed by atoms with Crippen molar-refractivity contribution >= 4 is 5.78 Å². The zero-order valence-corrected chi connectivity index (χ0v) is 7.60. The van der Waals surface area contributed by atoms with E-state index in [9.17, 15) is 9.18 Å². The highest BCUT2D eigenvalue weighted by molar-refractivity contribution is 5.94. The first-order valence-corrected chi connectivity index (χ1v) is 3.97. The van der Waals surface area contributed by atoms with E-state index in [1.807, 2.05) is 13.8 Å². The lowest BCUT2D eigenvalue weighted by atomic mass is 10.1. The largest absolute Gasteiger partial charge is 0.294 e. The van der Waals surface area contributed by atoms with Gasteiger partial charge in [-0.25, -0.2) is 4.39 Å². The molecule has 0 aliphatic rings. The summed E-state index contributed by atoms with van der Waals surface area (Å²) in [7, 11) is 0. The van der Waals surface area contributed by atoms with Crippen molar-refractivity contribution < 1.29 is 9.18 Å². The zero-order chi connectivity index (χ0) is 9.56. The maximum atomic E-state index is 12.6. The number of hydrogen-bond donors (Lipinski definition) is 0. The molecule has 0 atom stereocenters. The van der Waals surface area contributed by atoms with Crippen LogP contribution in [-0.2, 0) is 0 Å². The molecule has 0 spiro atoms. The topological polar surface area (TPSA) is 17.1 Å². The molecule has 1 nitrogen and oxygen atoms in total. The second-order valence-electron chi connectivity index (χ2n) is 2.04. The molecule has 0 aliphatic heterocycles. The van der Waals surface area contributed by atoms with Gasteiger partial charge in [-0.1, -0.05) is 26.0 Å². The third-order valence-corrected chi connectivity index (χ3v) is 1.25. The van der Waals surface area contributed by atoms with Gasteiger partial charge in [0, 0.05) is 0 Å². The van der Waals surface area contributed by atoms with Crippen LogP contribution in [0.15, 0.2) is 24.3 Å². The van der Waals surface area contributed by atoms with Crippen LogP contribution in [0.2, 0.25) is 0 Å². The van der Waals surface area contributed by atoms with Gasteiger partial charge in [0.05, 0.1) is 5.56 Å². The lowest BCUT2D eigenvalue weighted by Crippen LogP contribution is -1.94. The van der Waals surface area contributed by atoms with Crippen molar-refractivity contribution in [3.05, 3.63) is 35.6 Å². The summed E-state index contributed by atoms with van der Waals surface area (Å²) in [6.07, 6.45) is 0. The molecule has 0 unspecified atom stereocenters. The van der Waals surface area contributed by atoms with Gasteiger partial charge in [-0.05, 0) is 19.1 Å². The average molecular weight is 168 g/mol. The van der Waals surface area contributed by atoms with Crippen LogP contribution in [0.3, 0.4) is 0 Å². The molecule has 66 valence electrons. The van der Waals surface area contributed by atoms with Crippen LogP contribution in [0.25, 0.3) is 0 Å². The van der Waals surface area contributed by atoms with Crippen molar-refractivity contribution in [3.63, 3.8) is 0 Å². The lowest BCUT2D eigenvalue weighted by Gasteiger charge is -1.94. The molecular formula is C10H13FO. The first kappa shape index (κ1) is 10.8. The molecule has 0 N–H and O–H groups in total. The van der Waals surface area contributed by atoms with Gasteiger partial charge in [0.15, 0.2) is 5.78 Å². The summed E-state index contributed by atoms with van der Waals surface area (Å²) >= 11 is 0. The Kier molecular flexibility index (Phi) is 4.93. The van der Waals surface area contributed by atoms with Crippen molar-refractivity contribution in [2.75, 3.05) is 0 Å². The minimum atomic E-state index is -0.449. The van der Waals surface area contributed by atoms with E-state index in [4.69, 9.17) is 0 Å². The Morgan fingerprint density at radius 3 is 2.08 bits per heavy atom. The molecule has 0 radical (unpaired) electrons. The molecule has 0 bridgehead atoms. The molecule has 1 aromatic carbocycles. The second kappa shape index (κ2) is 5.47. The maximum absolute atomic E-state index is 12.6. The molecule has 12 heavy (non-hydrogen) atoms. The Balaban J connectivity index is 0.000000561. The number of benzene rings is 1. The Hall–Kier alpha value is -1.18. The first-order chi connectivity index (χ1) is 5.72. The molecule has 0 saturated carbocycles. The minimum Gasteiger partial charge on any atom is -0.294 e. The third-order valence-electron chi connectivity index (χ3n) is 1.25. The van der Waals surface area contributed by atoms with Crippen LogP contribution in [-0.4, -0.2) is 5.78 Å². The van der Waals surface area contributed by atoms with Crippen LogP contribution < -0.4 is 0 Å². The van der Waals surface area contributed by atoms with Gasteiger partial charge >= 0.3 is 0 Å². The van der Waals surface area contributed by atoms with Gasteiger partial charge in [0.2, 0.25) is 0 Å². The van der Waals surface area contributed by atoms with Gasteiger partial charge in [-0.2, -0.15) is 0 Å². The standard InChI is InChI=1S/C8H7FO.C2H6/c1-6(10)7-4-2-3-5-8(7)9;1-2/h2-5H,1H3;1-2H3. The highest BCUT2D eigenvalue weighted by atomic mass is 19.1. The fourth-order valence-corrected chi connectivity index (χ4v) is 0.747. The highest BCUT2D eigenvalue weighted by Gasteiger charge is 2.03. The minimum absolute atomic E-state index is 0.155. The monoisotopic (exact) mass is 168 g/mol. The molecule has 0 fully saturated rings. The quantitative estimate of drug-likeness (QED) is 0.589. The van der Waals surface area contributed by atoms with E-state index < -0.39 is 5.82 Å². The number of rotatable bonds is 1. The SMILES string of the molecule is CC.CC(=O)c1ccccc1F. The summed E-state index contributed by atoms with van der Waals surface area (Å²) in [5.74, 6) is -0.687. The molecule has 1 rings (SSSR count). The van der Waals surface area contributed by atoms with E-state index in [0.29, 0.717) is 0 Å². The van der Waals surface area contributed by atoms with Crippen molar-refractivity contribution in [3.8, 4) is 0 Å². The summed E-state index contributed by atoms with van der Waals surface area (Å²) in [6, 6.07) is 5.94. The predicted octanol–water partition coefficient (Wildman–Crippen LogP) is 3.05. The van der Waals surface area contributed by atoms with Crippen LogP contribution in [0.5, 0.6) is 0 Å². The Morgan fingerprint density at radius 1 is 1.25 bits per heavy atom. The summed E-state index contributed by atoms with van der Waals surface area (Å²) in [6.45, 7) is 5.35. The second-order valence-corrected chi connectivity index (χ2v) is 2.04. The van der Waals surface area contributed by atoms with E-state index in [-0.39, 0.29) is 11.3 Å². The van der Waals surface area contributed by atoms with E-state index >= 15 is 0 Å². The van der Waals surface area contributed by atoms with Crippen LogP contribution in [0.1, 0.15) is 31.1 Å². The highest BCUT2D eigenvalue weighted by Crippen LogP contribution is 2.05. The molecular weight excluding hydrogens is 155 g/mol. The number of halogens is 1. The summed E-state index contributed by atoms with van der Waals surface area (Å²) < 4.78 is 12.6. The lowest BCUT2D eigenvalue weighted by molar-refractivity contribution is 0.101. The van der Waals surface area contributed by atoms with Gasteiger partial charge in [-0.3, -0.25) is 4.79 Å². The van der Waals surface area contributed by atoms with Crippen LogP contribution in [0, 0.1) is 5.82 Å². The Labute approximate surface area is 72.2 Å². The van der Waals surface area contributed by atoms with E-state index in [0.717, 1.165) is 0 Å². The van der Waals surface area contributed by atoms with Crippen molar-refractivity contribution in [1.29, 1.82) is 0 Å². The molecule has 0 heterocycles. The third kappa shape index (κ3) is 2.82. The number of carbonyl (C=O) groups is 1. The fourth-order valence-electron chi connectivity index (χ4n) is 0.747. The number of ketones is 1. The molecule has 0 amide bonds. The Morgan fingerprint density at radius 2 is 1.75 bits per heavy atom. The van der Waals surface area contributed by atoms with Crippen LogP contribution >= 0.6 is 0 Å². The van der Waals surface area contributed by atoms with E-state index in [1.54, 1.807) is 12.1 Å². The molecule has 1 aromatic rings. The predicted molar refractivity (Wildman–Crippen MR) is 47.8 cm³/mol. The summed E-state index contributed by atoms with van der Waals surface area (Å²) in [4.78, 5) is 10.6. The molecule has 0 aliphatic carbocycles.